The second-order valence-corrected chi connectivity index (χ2v) is 44.8. The molecule has 20 aliphatic rings. The summed E-state index contributed by atoms with van der Waals surface area (Å²) in [6.45, 7) is 51.3. The van der Waals surface area contributed by atoms with Crippen LogP contribution in [-0.2, 0) is 0 Å². The molecule has 6 unspecified atom stereocenters. The Kier molecular flexibility index (Phi) is 39.7. The summed E-state index contributed by atoms with van der Waals surface area (Å²) in [6, 6.07) is 2.63. The summed E-state index contributed by atoms with van der Waals surface area (Å²) in [5.74, 6) is 20.0. The van der Waals surface area contributed by atoms with E-state index in [2.05, 4.69) is 158 Å². The first kappa shape index (κ1) is 89.1. The fourth-order valence-electron chi connectivity index (χ4n) is 23.4. The van der Waals surface area contributed by atoms with E-state index in [0.29, 0.717) is 21.7 Å². The summed E-state index contributed by atoms with van der Waals surface area (Å²) < 4.78 is 0. The zero-order valence-electron chi connectivity index (χ0n) is 72.3. The Bertz CT molecular complexity index is 1990. The summed E-state index contributed by atoms with van der Waals surface area (Å²) in [4.78, 5) is 0. The van der Waals surface area contributed by atoms with Crippen LogP contribution in [0.25, 0.3) is 0 Å². The Morgan fingerprint density at radius 1 is 0.333 bits per heavy atom. The number of nitriles is 1. The lowest BCUT2D eigenvalue weighted by Crippen LogP contribution is -2.50. The van der Waals surface area contributed by atoms with E-state index in [-0.39, 0.29) is 5.41 Å². The third kappa shape index (κ3) is 34.5. The summed E-state index contributed by atoms with van der Waals surface area (Å²) in [6.07, 6.45) is 74.0. The lowest BCUT2D eigenvalue weighted by Gasteiger charge is -2.58. The Morgan fingerprint density at radius 3 is 0.919 bits per heavy atom. The van der Waals surface area contributed by atoms with Crippen LogP contribution >= 0.6 is 0 Å². The molecule has 0 N–H and O–H groups in total. The molecule has 1 heteroatoms. The van der Waals surface area contributed by atoms with Crippen molar-refractivity contribution in [3.8, 4) is 6.07 Å². The number of hydrogen-bond acceptors (Lipinski definition) is 1. The molecule has 20 aliphatic carbocycles. The van der Waals surface area contributed by atoms with Gasteiger partial charge in [-0.2, -0.15) is 5.26 Å². The van der Waals surface area contributed by atoms with Gasteiger partial charge in [-0.1, -0.05) is 351 Å². The summed E-state index contributed by atoms with van der Waals surface area (Å²) >= 11 is 0. The number of nitrogens with zero attached hydrogens (tertiary/aromatic N) is 1. The Morgan fingerprint density at radius 2 is 0.646 bits per heavy atom. The number of hydrogen-bond donors (Lipinski definition) is 0. The third-order valence-electron chi connectivity index (χ3n) is 29.8. The fourth-order valence-corrected chi connectivity index (χ4v) is 23.4. The van der Waals surface area contributed by atoms with E-state index in [1.54, 1.807) is 44.9 Å². The van der Waals surface area contributed by atoms with Crippen molar-refractivity contribution in [1.29, 1.82) is 5.26 Å². The molecule has 0 saturated heterocycles. The standard InChI is InChI=1S/C12H17N.C11H18.C11H22.C9H16.C9H18.C8H14.2C8H16.C7H14.C6H12.C5H12.C4H10/c1-11-3-9-2-10(4-11)6-12(5-9,7-11)8-13;1-7-10-3-8-2-9(5-10)6-11(7)4-8;1-9-5-7-10(8-6-9)11(2,3)4;1-9(2)7-4-3-5-8(9)6-7;1-9-7-5-3-2-4-6-8-9;1-6-7-3-2-4-8(6)5-7;1-8(2)6-4-3-5-7-8;1-8-6-4-2-3-5-7-8;1-7-5-3-2-4-6-7;1-6-4-2-3-5-6;1-5(2,3)4;1-4(2)3/h9-10H,2-7H2,1H3;7-11H,2-6H2,1H3;9-10H,5-8H2,1-4H3;7-8H,3-6H2,1-2H3;9H,2-8H2,1H3;6-8H,2-5H2,1H3;3-7H2,1-2H3;8H,2-7H2,1H3;7H,2-6H2,1H3;6H,2-5H2,1H3;1-4H3;4H,1-3H3. The predicted octanol–water partition coefficient (Wildman–Crippen LogP) is 33.1. The molecule has 12 bridgehead atoms. The molecule has 0 aromatic carbocycles. The minimum absolute atomic E-state index is 0.110. The maximum Gasteiger partial charge on any atom is 0.0690 e. The first-order chi connectivity index (χ1) is 46.6. The molecule has 582 valence electrons. The monoisotopic (exact) mass is 1380 g/mol. The first-order valence-corrected chi connectivity index (χ1v) is 46.0. The highest BCUT2D eigenvalue weighted by molar-refractivity contribution is 5.14. The van der Waals surface area contributed by atoms with Gasteiger partial charge in [0.2, 0.25) is 0 Å². The van der Waals surface area contributed by atoms with Gasteiger partial charge in [0.05, 0.1) is 11.5 Å². The summed E-state index contributed by atoms with van der Waals surface area (Å²) in [5, 5.41) is 9.30. The van der Waals surface area contributed by atoms with Gasteiger partial charge in [-0.25, -0.2) is 0 Å². The predicted molar refractivity (Wildman–Crippen MR) is 442 cm³/mol. The highest BCUT2D eigenvalue weighted by Crippen LogP contribution is 2.65. The van der Waals surface area contributed by atoms with Crippen molar-refractivity contribution in [1.82, 2.24) is 0 Å². The average Bonchev–Trinajstić information content (AvgIpc) is 0.863. The van der Waals surface area contributed by atoms with Gasteiger partial charge in [-0.05, 0) is 262 Å². The zero-order chi connectivity index (χ0) is 73.0. The molecule has 0 amide bonds. The van der Waals surface area contributed by atoms with Crippen molar-refractivity contribution in [2.45, 2.75) is 473 Å². The van der Waals surface area contributed by atoms with Crippen LogP contribution in [0.15, 0.2) is 0 Å². The molecular weight excluding hydrogens is 1190 g/mol. The molecule has 6 atom stereocenters. The smallest absolute Gasteiger partial charge is 0.0690 e. The second-order valence-electron chi connectivity index (χ2n) is 44.8. The SMILES string of the molecule is CC(C)(C)C.CC(C)C.CC1(C)C2CCCC1C2.CC1(C)CCCCC1.CC12CC3CC(C1)CC(C#N)(C3)C2.CC1C2CC3CC(C2)CC1C3.CC1C2CCCC1C2.CC1CCC(C(C)(C)C)CC1.CC1CCCC1.CC1CCCCC1.CC1CCCCCC1.CC1CCCCCCC1. The van der Waals surface area contributed by atoms with Crippen LogP contribution in [0.1, 0.15) is 473 Å². The fraction of sp³-hybridized carbons (Fsp3) is 0.990. The number of fused-ring (bicyclic) bond motifs is 4. The molecule has 20 saturated carbocycles. The molecule has 1 nitrogen and oxygen atoms in total. The minimum atomic E-state index is 0.110. The van der Waals surface area contributed by atoms with Crippen molar-refractivity contribution in [3.05, 3.63) is 0 Å². The lowest BCUT2D eigenvalue weighted by molar-refractivity contribution is -0.0738. The van der Waals surface area contributed by atoms with Gasteiger partial charge in [0.1, 0.15) is 0 Å². The van der Waals surface area contributed by atoms with E-state index in [4.69, 9.17) is 0 Å². The second kappa shape index (κ2) is 44.1. The van der Waals surface area contributed by atoms with Gasteiger partial charge in [0.25, 0.3) is 0 Å². The molecule has 0 spiro atoms. The highest BCUT2D eigenvalue weighted by Gasteiger charge is 2.56. The van der Waals surface area contributed by atoms with Crippen molar-refractivity contribution < 1.29 is 0 Å². The Labute approximate surface area is 626 Å². The van der Waals surface area contributed by atoms with Crippen LogP contribution in [-0.4, -0.2) is 0 Å². The van der Waals surface area contributed by atoms with Crippen LogP contribution in [0.3, 0.4) is 0 Å². The molecule has 0 aliphatic heterocycles. The first-order valence-electron chi connectivity index (χ1n) is 46.0. The average molecular weight is 1380 g/mol. The molecule has 20 rings (SSSR count). The normalized spacial score (nSPS) is 37.4. The summed E-state index contributed by atoms with van der Waals surface area (Å²) in [5.41, 5.74) is 3.12. The van der Waals surface area contributed by atoms with E-state index >= 15 is 0 Å². The van der Waals surface area contributed by atoms with E-state index in [9.17, 15) is 5.26 Å². The van der Waals surface area contributed by atoms with Gasteiger partial charge in [-0.3, -0.25) is 0 Å². The molecule has 99 heavy (non-hydrogen) atoms. The molecule has 20 fully saturated rings. The van der Waals surface area contributed by atoms with Crippen LogP contribution in [0.2, 0.25) is 0 Å². The summed E-state index contributed by atoms with van der Waals surface area (Å²) in [7, 11) is 0. The molecule has 0 heterocycles. The van der Waals surface area contributed by atoms with Crippen LogP contribution in [0.5, 0.6) is 0 Å². The van der Waals surface area contributed by atoms with Crippen LogP contribution in [0.4, 0.5) is 0 Å². The maximum absolute atomic E-state index is 9.30. The third-order valence-corrected chi connectivity index (χ3v) is 29.8. The molecule has 0 aromatic heterocycles. The van der Waals surface area contributed by atoms with Gasteiger partial charge in [0.15, 0.2) is 0 Å². The van der Waals surface area contributed by atoms with Crippen LogP contribution < -0.4 is 0 Å². The van der Waals surface area contributed by atoms with E-state index < -0.39 is 0 Å². The highest BCUT2D eigenvalue weighted by atomic mass is 14.6. The van der Waals surface area contributed by atoms with Gasteiger partial charge >= 0.3 is 0 Å². The van der Waals surface area contributed by atoms with E-state index in [1.165, 1.54) is 276 Å². The largest absolute Gasteiger partial charge is 0.198 e. The zero-order valence-corrected chi connectivity index (χ0v) is 72.3. The van der Waals surface area contributed by atoms with E-state index in [0.717, 1.165) is 118 Å². The molecule has 0 radical (unpaired) electrons. The van der Waals surface area contributed by atoms with Gasteiger partial charge < -0.3 is 0 Å². The Balaban J connectivity index is 0.000000197. The quantitative estimate of drug-likeness (QED) is 0.222. The molecular formula is C98H185N. The van der Waals surface area contributed by atoms with E-state index in [1.807, 2.05) is 0 Å². The maximum atomic E-state index is 9.30. The molecule has 0 aromatic rings. The van der Waals surface area contributed by atoms with Gasteiger partial charge in [-0.15, -0.1) is 0 Å². The topological polar surface area (TPSA) is 23.8 Å². The van der Waals surface area contributed by atoms with Crippen molar-refractivity contribution in [2.24, 2.45) is 145 Å². The van der Waals surface area contributed by atoms with Gasteiger partial charge in [0, 0.05) is 0 Å². The van der Waals surface area contributed by atoms with Crippen molar-refractivity contribution >= 4 is 0 Å². The van der Waals surface area contributed by atoms with Crippen LogP contribution in [0, 0.1) is 156 Å². The lowest BCUT2D eigenvalue weighted by atomic mass is 9.45. The van der Waals surface area contributed by atoms with Crippen molar-refractivity contribution in [3.63, 3.8) is 0 Å². The minimum Gasteiger partial charge on any atom is -0.198 e. The Hall–Kier alpha value is -0.510. The van der Waals surface area contributed by atoms with Crippen molar-refractivity contribution in [2.75, 3.05) is 0 Å². The number of rotatable bonds is 0.